The van der Waals surface area contributed by atoms with Crippen molar-refractivity contribution in [3.63, 3.8) is 0 Å². The number of hydrazine groups is 1. The fraction of sp³-hybridized carbons (Fsp3) is 0.600. The fourth-order valence-corrected chi connectivity index (χ4v) is 0.742. The number of rotatable bonds is 1. The van der Waals surface area contributed by atoms with Gasteiger partial charge < -0.3 is 10.5 Å². The molecule has 0 aromatic carbocycles. The fourth-order valence-electron chi connectivity index (χ4n) is 0.742. The molecule has 0 bridgehead atoms. The molecule has 3 amide bonds. The number of hydrogen-bond donors (Lipinski definition) is 2. The lowest BCUT2D eigenvalue weighted by molar-refractivity contribution is 0.0397. The van der Waals surface area contributed by atoms with Gasteiger partial charge in [0.25, 0.3) is 0 Å². The summed E-state index contributed by atoms with van der Waals surface area (Å²) in [6.45, 7) is 6.78. The molecule has 0 aromatic rings. The van der Waals surface area contributed by atoms with Gasteiger partial charge in [0.05, 0.1) is 0 Å². The largest absolute Gasteiger partial charge is 0.443 e. The third-order valence-electron chi connectivity index (χ3n) is 1.31. The lowest BCUT2D eigenvalue weighted by atomic mass is 10.2. The third-order valence-corrected chi connectivity index (χ3v) is 1.31. The molecule has 3 N–H and O–H groups in total. The second-order valence-electron chi connectivity index (χ2n) is 3.96. The average molecular weight is 227 g/mol. The Hall–Kier alpha value is -1.90. The van der Waals surface area contributed by atoms with Crippen molar-refractivity contribution in [1.82, 2.24) is 10.4 Å². The Morgan fingerprint density at radius 3 is 2.38 bits per heavy atom. The van der Waals surface area contributed by atoms with Crippen LogP contribution in [-0.2, 0) is 4.74 Å². The van der Waals surface area contributed by atoms with Crippen molar-refractivity contribution < 1.29 is 14.3 Å². The molecular formula is C10H17N3O3. The quantitative estimate of drug-likeness (QED) is 0.514. The van der Waals surface area contributed by atoms with Crippen LogP contribution in [0, 0.1) is 11.8 Å². The zero-order valence-electron chi connectivity index (χ0n) is 9.96. The SMILES string of the molecule is CC#CCN(NC(=O)OC(C)(C)C)C(N)=O. The van der Waals surface area contributed by atoms with Crippen molar-refractivity contribution in [2.45, 2.75) is 33.3 Å². The zero-order chi connectivity index (χ0) is 12.8. The van der Waals surface area contributed by atoms with Crippen LogP contribution in [0.25, 0.3) is 0 Å². The number of amides is 3. The predicted molar refractivity (Wildman–Crippen MR) is 59.1 cm³/mol. The summed E-state index contributed by atoms with van der Waals surface area (Å²) in [5.41, 5.74) is 6.61. The van der Waals surface area contributed by atoms with E-state index in [1.807, 2.05) is 0 Å². The highest BCUT2D eigenvalue weighted by atomic mass is 16.6. The van der Waals surface area contributed by atoms with Gasteiger partial charge in [-0.2, -0.15) is 0 Å². The van der Waals surface area contributed by atoms with Crippen LogP contribution in [0.4, 0.5) is 9.59 Å². The summed E-state index contributed by atoms with van der Waals surface area (Å²) in [4.78, 5) is 22.2. The maximum atomic E-state index is 11.3. The van der Waals surface area contributed by atoms with Gasteiger partial charge in [0, 0.05) is 0 Å². The molecule has 0 fully saturated rings. The summed E-state index contributed by atoms with van der Waals surface area (Å²) in [5.74, 6) is 5.19. The molecular weight excluding hydrogens is 210 g/mol. The van der Waals surface area contributed by atoms with Crippen molar-refractivity contribution >= 4 is 12.1 Å². The van der Waals surface area contributed by atoms with Gasteiger partial charge in [-0.15, -0.1) is 5.92 Å². The van der Waals surface area contributed by atoms with Crippen LogP contribution in [0.5, 0.6) is 0 Å². The van der Waals surface area contributed by atoms with E-state index in [9.17, 15) is 9.59 Å². The van der Waals surface area contributed by atoms with Gasteiger partial charge in [0.2, 0.25) is 0 Å². The Labute approximate surface area is 95.1 Å². The van der Waals surface area contributed by atoms with E-state index in [2.05, 4.69) is 17.3 Å². The Morgan fingerprint density at radius 1 is 1.44 bits per heavy atom. The van der Waals surface area contributed by atoms with E-state index in [1.54, 1.807) is 27.7 Å². The summed E-state index contributed by atoms with van der Waals surface area (Å²) in [7, 11) is 0. The Balaban J connectivity index is 4.33. The lowest BCUT2D eigenvalue weighted by Gasteiger charge is -2.23. The smallest absolute Gasteiger partial charge is 0.426 e. The molecule has 0 saturated heterocycles. The third kappa shape index (κ3) is 6.54. The number of ether oxygens (including phenoxy) is 1. The molecule has 0 aliphatic heterocycles. The molecule has 0 atom stereocenters. The van der Waals surface area contributed by atoms with E-state index < -0.39 is 17.7 Å². The summed E-state index contributed by atoms with van der Waals surface area (Å²) < 4.78 is 4.95. The van der Waals surface area contributed by atoms with Crippen molar-refractivity contribution in [2.75, 3.05) is 6.54 Å². The van der Waals surface area contributed by atoms with Crippen LogP contribution in [-0.4, -0.2) is 29.3 Å². The van der Waals surface area contributed by atoms with E-state index in [-0.39, 0.29) is 6.54 Å². The van der Waals surface area contributed by atoms with Gasteiger partial charge in [-0.3, -0.25) is 0 Å². The van der Waals surface area contributed by atoms with E-state index in [0.29, 0.717) is 0 Å². The standard InChI is InChI=1S/C10H17N3O3/c1-5-6-7-13(8(11)14)12-9(15)16-10(2,3)4/h7H2,1-4H3,(H2,11,14)(H,12,15). The molecule has 90 valence electrons. The molecule has 0 aliphatic rings. The Morgan fingerprint density at radius 2 is 2.00 bits per heavy atom. The number of carbonyl (C=O) groups is 2. The first-order valence-electron chi connectivity index (χ1n) is 4.72. The van der Waals surface area contributed by atoms with Crippen LogP contribution >= 0.6 is 0 Å². The molecule has 0 radical (unpaired) electrons. The molecule has 6 nitrogen and oxygen atoms in total. The maximum Gasteiger partial charge on any atom is 0.426 e. The van der Waals surface area contributed by atoms with E-state index >= 15 is 0 Å². The number of nitrogens with one attached hydrogen (secondary N) is 1. The highest BCUT2D eigenvalue weighted by Crippen LogP contribution is 2.06. The molecule has 16 heavy (non-hydrogen) atoms. The molecule has 0 spiro atoms. The molecule has 0 rings (SSSR count). The van der Waals surface area contributed by atoms with Crippen molar-refractivity contribution in [3.05, 3.63) is 0 Å². The highest BCUT2D eigenvalue weighted by Gasteiger charge is 2.19. The number of primary amides is 1. The molecule has 6 heteroatoms. The molecule has 0 saturated carbocycles. The molecule has 0 aromatic heterocycles. The minimum absolute atomic E-state index is 0.0189. The molecule has 0 heterocycles. The number of nitrogens with two attached hydrogens (primary N) is 1. The first-order chi connectivity index (χ1) is 7.26. The van der Waals surface area contributed by atoms with Crippen molar-refractivity contribution in [1.29, 1.82) is 0 Å². The first-order valence-corrected chi connectivity index (χ1v) is 4.72. The summed E-state index contributed by atoms with van der Waals surface area (Å²) in [6.07, 6.45) is -0.746. The molecule has 0 unspecified atom stereocenters. The van der Waals surface area contributed by atoms with Crippen LogP contribution in [0.1, 0.15) is 27.7 Å². The average Bonchev–Trinajstić information content (AvgIpc) is 2.08. The normalized spacial score (nSPS) is 9.75. The van der Waals surface area contributed by atoms with E-state index in [0.717, 1.165) is 5.01 Å². The number of nitrogens with zero attached hydrogens (tertiary/aromatic N) is 1. The Kier molecular flexibility index (Phi) is 5.16. The van der Waals surface area contributed by atoms with E-state index in [1.165, 1.54) is 0 Å². The molecule has 0 aliphatic carbocycles. The van der Waals surface area contributed by atoms with Crippen LogP contribution in [0.15, 0.2) is 0 Å². The van der Waals surface area contributed by atoms with Gasteiger partial charge in [0.15, 0.2) is 0 Å². The van der Waals surface area contributed by atoms with Crippen molar-refractivity contribution in [2.24, 2.45) is 5.73 Å². The topological polar surface area (TPSA) is 84.7 Å². The van der Waals surface area contributed by atoms with Gasteiger partial charge in [-0.1, -0.05) is 5.92 Å². The lowest BCUT2D eigenvalue weighted by Crippen LogP contribution is -2.50. The van der Waals surface area contributed by atoms with Gasteiger partial charge in [0.1, 0.15) is 12.1 Å². The van der Waals surface area contributed by atoms with Crippen molar-refractivity contribution in [3.8, 4) is 11.8 Å². The first kappa shape index (κ1) is 14.1. The minimum Gasteiger partial charge on any atom is -0.443 e. The van der Waals surface area contributed by atoms with Crippen LogP contribution in [0.2, 0.25) is 0 Å². The zero-order valence-corrected chi connectivity index (χ0v) is 9.96. The van der Waals surface area contributed by atoms with E-state index in [4.69, 9.17) is 10.5 Å². The highest BCUT2D eigenvalue weighted by molar-refractivity contribution is 5.76. The second-order valence-corrected chi connectivity index (χ2v) is 3.96. The van der Waals surface area contributed by atoms with Crippen LogP contribution in [0.3, 0.4) is 0 Å². The number of urea groups is 1. The van der Waals surface area contributed by atoms with Crippen LogP contribution < -0.4 is 11.2 Å². The van der Waals surface area contributed by atoms with Gasteiger partial charge in [-0.05, 0) is 27.7 Å². The summed E-state index contributed by atoms with van der Waals surface area (Å²) in [5, 5.41) is 0.880. The summed E-state index contributed by atoms with van der Waals surface area (Å²) in [6, 6.07) is -0.798. The number of hydrogen-bond acceptors (Lipinski definition) is 3. The second kappa shape index (κ2) is 5.85. The Bertz CT molecular complexity index is 322. The maximum absolute atomic E-state index is 11.3. The van der Waals surface area contributed by atoms with Gasteiger partial charge in [-0.25, -0.2) is 20.0 Å². The van der Waals surface area contributed by atoms with Gasteiger partial charge >= 0.3 is 12.1 Å². The minimum atomic E-state index is -0.798. The summed E-state index contributed by atoms with van der Waals surface area (Å²) >= 11 is 0. The monoisotopic (exact) mass is 227 g/mol. The number of carbonyl (C=O) groups excluding carboxylic acids is 2. The predicted octanol–water partition coefficient (Wildman–Crippen LogP) is 0.830.